The molecule has 1 atom stereocenters. The summed E-state index contributed by atoms with van der Waals surface area (Å²) in [7, 11) is 0. The van der Waals surface area contributed by atoms with Crippen LogP contribution in [0.1, 0.15) is 52.4 Å². The van der Waals surface area contributed by atoms with Gasteiger partial charge in [-0.2, -0.15) is 0 Å². The molecule has 2 aromatic heterocycles. The molecule has 4 rings (SSSR count). The van der Waals surface area contributed by atoms with Crippen LogP contribution in [-0.4, -0.2) is 26.5 Å². The van der Waals surface area contributed by atoms with Crippen LogP contribution in [0, 0.1) is 0 Å². The number of anilines is 1. The number of rotatable bonds is 6. The molecule has 0 radical (unpaired) electrons. The zero-order valence-electron chi connectivity index (χ0n) is 17.3. The zero-order chi connectivity index (χ0) is 20.4. The number of benzene rings is 1. The Morgan fingerprint density at radius 2 is 1.97 bits per heavy atom. The average molecular weight is 413 g/mol. The second-order valence-electron chi connectivity index (χ2n) is 8.04. The second-order valence-corrected chi connectivity index (χ2v) is 8.48. The topological polar surface area (TPSA) is 42.5 Å². The molecule has 1 fully saturated rings. The van der Waals surface area contributed by atoms with E-state index in [2.05, 4.69) is 23.3 Å². The maximum Gasteiger partial charge on any atom is 0.261 e. The average Bonchev–Trinajstić information content (AvgIpc) is 3.17. The number of unbranched alkanes of at least 4 members (excludes halogenated alkanes) is 2. The van der Waals surface area contributed by atoms with Crippen LogP contribution in [0.5, 0.6) is 0 Å². The summed E-state index contributed by atoms with van der Waals surface area (Å²) < 4.78 is 3.94. The normalized spacial score (nSPS) is 17.2. The number of nitrogens with zero attached hydrogens (tertiary/aromatic N) is 4. The minimum absolute atomic E-state index is 0.0211. The number of piperidine rings is 1. The third kappa shape index (κ3) is 4.06. The third-order valence-corrected chi connectivity index (χ3v) is 6.17. The molecule has 1 aliphatic rings. The third-order valence-electron chi connectivity index (χ3n) is 5.92. The van der Waals surface area contributed by atoms with Crippen LogP contribution in [0.25, 0.3) is 17.0 Å². The standard InChI is InChI=1S/C23H29ClN4O/c1-3-4-6-14-27-21(26-13-7-5-8-17(26)2)15-22(29)28-16-20(25-23(27)28)18-9-11-19(24)12-10-18/h9-12,15-17H,3-8,13-14H2,1-2H3/t17-/m0/s1. The van der Waals surface area contributed by atoms with E-state index < -0.39 is 0 Å². The second kappa shape index (κ2) is 8.62. The van der Waals surface area contributed by atoms with Crippen molar-refractivity contribution in [1.29, 1.82) is 0 Å². The van der Waals surface area contributed by atoms with Crippen LogP contribution in [0.3, 0.4) is 0 Å². The number of fused-ring (bicyclic) bond motifs is 1. The van der Waals surface area contributed by atoms with E-state index in [4.69, 9.17) is 16.6 Å². The Kier molecular flexibility index (Phi) is 5.95. The first-order chi connectivity index (χ1) is 14.1. The molecule has 0 saturated carbocycles. The first-order valence-corrected chi connectivity index (χ1v) is 11.1. The van der Waals surface area contributed by atoms with Gasteiger partial charge in [0.25, 0.3) is 5.56 Å². The lowest BCUT2D eigenvalue weighted by molar-refractivity contribution is 0.469. The number of aromatic nitrogens is 3. The van der Waals surface area contributed by atoms with Crippen LogP contribution in [-0.2, 0) is 6.54 Å². The van der Waals surface area contributed by atoms with Gasteiger partial charge in [-0.3, -0.25) is 13.8 Å². The van der Waals surface area contributed by atoms with Gasteiger partial charge in [0.15, 0.2) is 0 Å². The van der Waals surface area contributed by atoms with E-state index in [1.54, 1.807) is 10.5 Å². The highest BCUT2D eigenvalue weighted by atomic mass is 35.5. The fraction of sp³-hybridized carbons (Fsp3) is 0.478. The van der Waals surface area contributed by atoms with Crippen molar-refractivity contribution >= 4 is 23.2 Å². The molecule has 1 aromatic carbocycles. The number of halogens is 1. The highest BCUT2D eigenvalue weighted by Gasteiger charge is 2.23. The highest BCUT2D eigenvalue weighted by molar-refractivity contribution is 6.30. The van der Waals surface area contributed by atoms with Crippen molar-refractivity contribution in [2.24, 2.45) is 0 Å². The van der Waals surface area contributed by atoms with Gasteiger partial charge < -0.3 is 4.90 Å². The van der Waals surface area contributed by atoms with Crippen LogP contribution in [0.2, 0.25) is 5.02 Å². The summed E-state index contributed by atoms with van der Waals surface area (Å²) in [4.78, 5) is 20.3. The first-order valence-electron chi connectivity index (χ1n) is 10.7. The molecule has 3 aromatic rings. The summed E-state index contributed by atoms with van der Waals surface area (Å²) in [6.45, 7) is 6.33. The Balaban J connectivity index is 1.85. The summed E-state index contributed by atoms with van der Waals surface area (Å²) >= 11 is 6.03. The van der Waals surface area contributed by atoms with E-state index in [1.807, 2.05) is 30.5 Å². The Morgan fingerprint density at radius 3 is 2.69 bits per heavy atom. The molecule has 0 bridgehead atoms. The smallest absolute Gasteiger partial charge is 0.261 e. The fourth-order valence-corrected chi connectivity index (χ4v) is 4.38. The van der Waals surface area contributed by atoms with E-state index in [-0.39, 0.29) is 5.56 Å². The Morgan fingerprint density at radius 1 is 1.17 bits per heavy atom. The van der Waals surface area contributed by atoms with Crippen molar-refractivity contribution in [3.05, 3.63) is 51.9 Å². The Hall–Kier alpha value is -2.27. The molecular formula is C23H29ClN4O. The molecular weight excluding hydrogens is 384 g/mol. The maximum absolute atomic E-state index is 13.0. The predicted molar refractivity (Wildman–Crippen MR) is 120 cm³/mol. The number of hydrogen-bond donors (Lipinski definition) is 0. The van der Waals surface area contributed by atoms with Gasteiger partial charge >= 0.3 is 0 Å². The summed E-state index contributed by atoms with van der Waals surface area (Å²) in [5.74, 6) is 1.74. The van der Waals surface area contributed by atoms with Gasteiger partial charge in [0.1, 0.15) is 5.82 Å². The lowest BCUT2D eigenvalue weighted by Gasteiger charge is -2.36. The van der Waals surface area contributed by atoms with Gasteiger partial charge in [-0.25, -0.2) is 4.98 Å². The van der Waals surface area contributed by atoms with Gasteiger partial charge in [-0.15, -0.1) is 0 Å². The molecule has 0 aliphatic carbocycles. The van der Waals surface area contributed by atoms with E-state index in [9.17, 15) is 4.79 Å². The molecule has 154 valence electrons. The molecule has 1 saturated heterocycles. The molecule has 5 nitrogen and oxygen atoms in total. The van der Waals surface area contributed by atoms with Gasteiger partial charge in [0.05, 0.1) is 5.69 Å². The summed E-state index contributed by atoms with van der Waals surface area (Å²) in [6.07, 6.45) is 8.84. The summed E-state index contributed by atoms with van der Waals surface area (Å²) in [5, 5.41) is 0.693. The van der Waals surface area contributed by atoms with Crippen molar-refractivity contribution in [1.82, 2.24) is 14.0 Å². The van der Waals surface area contributed by atoms with Gasteiger partial charge in [0, 0.05) is 42.0 Å². The predicted octanol–water partition coefficient (Wildman–Crippen LogP) is 5.39. The van der Waals surface area contributed by atoms with Crippen molar-refractivity contribution in [2.45, 2.75) is 65.0 Å². The van der Waals surface area contributed by atoms with Crippen molar-refractivity contribution in [3.8, 4) is 11.3 Å². The van der Waals surface area contributed by atoms with Gasteiger partial charge in [-0.05, 0) is 44.7 Å². The van der Waals surface area contributed by atoms with E-state index in [0.29, 0.717) is 11.1 Å². The SMILES string of the molecule is CCCCCn1c(N2CCCC[C@@H]2C)cc(=O)n2cc(-c3ccc(Cl)cc3)nc12. The number of hydrogen-bond acceptors (Lipinski definition) is 3. The van der Waals surface area contributed by atoms with Gasteiger partial charge in [-0.1, -0.05) is 43.5 Å². The summed E-state index contributed by atoms with van der Waals surface area (Å²) in [5.41, 5.74) is 1.74. The molecule has 1 aliphatic heterocycles. The largest absolute Gasteiger partial charge is 0.355 e. The van der Waals surface area contributed by atoms with Crippen LogP contribution < -0.4 is 10.5 Å². The van der Waals surface area contributed by atoms with Crippen LogP contribution >= 0.6 is 11.6 Å². The van der Waals surface area contributed by atoms with Crippen LogP contribution in [0.4, 0.5) is 5.82 Å². The van der Waals surface area contributed by atoms with Crippen LogP contribution in [0.15, 0.2) is 41.3 Å². The zero-order valence-corrected chi connectivity index (χ0v) is 18.0. The molecule has 3 heterocycles. The molecule has 6 heteroatoms. The molecule has 0 unspecified atom stereocenters. The fourth-order valence-electron chi connectivity index (χ4n) is 4.25. The quantitative estimate of drug-likeness (QED) is 0.510. The monoisotopic (exact) mass is 412 g/mol. The molecule has 0 N–H and O–H groups in total. The molecule has 0 spiro atoms. The van der Waals surface area contributed by atoms with E-state index in [0.717, 1.165) is 55.2 Å². The number of aryl methyl sites for hydroxylation is 1. The highest BCUT2D eigenvalue weighted by Crippen LogP contribution is 2.27. The minimum Gasteiger partial charge on any atom is -0.355 e. The molecule has 29 heavy (non-hydrogen) atoms. The lowest BCUT2D eigenvalue weighted by atomic mass is 10.0. The van der Waals surface area contributed by atoms with Gasteiger partial charge in [0.2, 0.25) is 5.78 Å². The van der Waals surface area contributed by atoms with E-state index >= 15 is 0 Å². The maximum atomic E-state index is 13.0. The lowest BCUT2D eigenvalue weighted by Crippen LogP contribution is -2.40. The molecule has 0 amide bonds. The van der Waals surface area contributed by atoms with Crippen molar-refractivity contribution in [3.63, 3.8) is 0 Å². The Bertz CT molecular complexity index is 1040. The van der Waals surface area contributed by atoms with E-state index in [1.165, 1.54) is 19.3 Å². The summed E-state index contributed by atoms with van der Waals surface area (Å²) in [6, 6.07) is 9.85. The Labute approximate surface area is 176 Å². The van der Waals surface area contributed by atoms with Crippen molar-refractivity contribution < 1.29 is 0 Å². The minimum atomic E-state index is -0.0211. The first kappa shape index (κ1) is 20.0. The number of imidazole rings is 1. The van der Waals surface area contributed by atoms with Crippen molar-refractivity contribution in [2.75, 3.05) is 11.4 Å².